The predicted octanol–water partition coefficient (Wildman–Crippen LogP) is 1.54. The number of methoxy groups -OCH3 is 1. The van der Waals surface area contributed by atoms with Gasteiger partial charge in [-0.25, -0.2) is 0 Å². The summed E-state index contributed by atoms with van der Waals surface area (Å²) in [5, 5.41) is 0. The molecular weight excluding hydrogens is 262 g/mol. The summed E-state index contributed by atoms with van der Waals surface area (Å²) >= 11 is 1.97. The van der Waals surface area contributed by atoms with Gasteiger partial charge in [-0.05, 0) is 30.8 Å². The van der Waals surface area contributed by atoms with Crippen LogP contribution in [0, 0.1) is 5.92 Å². The molecule has 3 aliphatic heterocycles. The van der Waals surface area contributed by atoms with Gasteiger partial charge in [-0.1, -0.05) is 0 Å². The van der Waals surface area contributed by atoms with Crippen LogP contribution in [-0.4, -0.2) is 60.8 Å². The van der Waals surface area contributed by atoms with Crippen molar-refractivity contribution in [3.8, 4) is 0 Å². The molecule has 3 heterocycles. The maximum Gasteiger partial charge on any atom is 0.225 e. The Labute approximate surface area is 119 Å². The Kier molecular flexibility index (Phi) is 4.06. The van der Waals surface area contributed by atoms with Crippen LogP contribution in [0.1, 0.15) is 25.7 Å². The Morgan fingerprint density at radius 1 is 1.32 bits per heavy atom. The normalized spacial score (nSPS) is 31.2. The first-order valence-corrected chi connectivity index (χ1v) is 8.41. The first-order chi connectivity index (χ1) is 9.22. The third kappa shape index (κ3) is 2.78. The fourth-order valence-corrected chi connectivity index (χ4v) is 4.52. The lowest BCUT2D eigenvalue weighted by molar-refractivity contribution is -0.200. The molecular formula is C14H23NO3S. The van der Waals surface area contributed by atoms with E-state index in [1.807, 2.05) is 16.7 Å². The van der Waals surface area contributed by atoms with Crippen LogP contribution in [0.5, 0.6) is 0 Å². The molecule has 0 aliphatic carbocycles. The summed E-state index contributed by atoms with van der Waals surface area (Å²) in [6, 6.07) is 0. The molecule has 0 saturated carbocycles. The van der Waals surface area contributed by atoms with Gasteiger partial charge in [-0.2, -0.15) is 11.8 Å². The van der Waals surface area contributed by atoms with Gasteiger partial charge in [-0.3, -0.25) is 4.79 Å². The molecule has 1 amide bonds. The van der Waals surface area contributed by atoms with E-state index in [0.29, 0.717) is 12.0 Å². The van der Waals surface area contributed by atoms with Crippen LogP contribution in [0.4, 0.5) is 0 Å². The molecule has 3 rings (SSSR count). The molecule has 108 valence electrons. The highest BCUT2D eigenvalue weighted by Crippen LogP contribution is 2.37. The molecule has 1 spiro atoms. The van der Waals surface area contributed by atoms with E-state index in [4.69, 9.17) is 9.47 Å². The minimum Gasteiger partial charge on any atom is -0.381 e. The van der Waals surface area contributed by atoms with Crippen LogP contribution >= 0.6 is 11.8 Å². The van der Waals surface area contributed by atoms with Crippen LogP contribution in [-0.2, 0) is 14.3 Å². The van der Waals surface area contributed by atoms with Crippen molar-refractivity contribution in [1.29, 1.82) is 0 Å². The van der Waals surface area contributed by atoms with Gasteiger partial charge < -0.3 is 14.4 Å². The van der Waals surface area contributed by atoms with E-state index >= 15 is 0 Å². The largest absolute Gasteiger partial charge is 0.381 e. The number of likely N-dealkylation sites (tertiary alicyclic amines) is 1. The average molecular weight is 285 g/mol. The van der Waals surface area contributed by atoms with Gasteiger partial charge in [0.2, 0.25) is 5.91 Å². The highest BCUT2D eigenvalue weighted by atomic mass is 32.2. The molecule has 0 aromatic rings. The minimum atomic E-state index is -0.0992. The Bertz CT molecular complexity index is 338. The Balaban J connectivity index is 1.52. The van der Waals surface area contributed by atoms with Crippen LogP contribution in [0.15, 0.2) is 0 Å². The number of carbonyl (C=O) groups excluding carboxylic acids is 1. The van der Waals surface area contributed by atoms with E-state index in [1.54, 1.807) is 7.11 Å². The number of rotatable bonds is 2. The number of nitrogens with zero attached hydrogens (tertiary/aromatic N) is 1. The monoisotopic (exact) mass is 285 g/mol. The lowest BCUT2D eigenvalue weighted by Gasteiger charge is -2.53. The number of hydrogen-bond acceptors (Lipinski definition) is 4. The van der Waals surface area contributed by atoms with Crippen molar-refractivity contribution in [3.05, 3.63) is 0 Å². The molecule has 0 N–H and O–H groups in total. The van der Waals surface area contributed by atoms with Gasteiger partial charge in [0.25, 0.3) is 0 Å². The third-order valence-electron chi connectivity index (χ3n) is 4.62. The molecule has 4 nitrogen and oxygen atoms in total. The Hall–Kier alpha value is -0.260. The van der Waals surface area contributed by atoms with Crippen LogP contribution in [0.2, 0.25) is 0 Å². The molecule has 3 aliphatic rings. The van der Waals surface area contributed by atoms with Crippen LogP contribution < -0.4 is 0 Å². The minimum absolute atomic E-state index is 0.0992. The molecule has 3 saturated heterocycles. The maximum atomic E-state index is 12.4. The Morgan fingerprint density at radius 3 is 2.74 bits per heavy atom. The van der Waals surface area contributed by atoms with Gasteiger partial charge in [0, 0.05) is 26.1 Å². The number of hydrogen-bond donors (Lipinski definition) is 0. The van der Waals surface area contributed by atoms with Crippen molar-refractivity contribution < 1.29 is 14.3 Å². The van der Waals surface area contributed by atoms with E-state index < -0.39 is 0 Å². The fourth-order valence-electron chi connectivity index (χ4n) is 3.41. The van der Waals surface area contributed by atoms with Crippen LogP contribution in [0.3, 0.4) is 0 Å². The Morgan fingerprint density at radius 2 is 2.05 bits per heavy atom. The molecule has 19 heavy (non-hydrogen) atoms. The first-order valence-electron chi connectivity index (χ1n) is 7.26. The van der Waals surface area contributed by atoms with Crippen LogP contribution in [0.25, 0.3) is 0 Å². The standard InChI is InChI=1S/C14H23NO3S/c1-17-12-2-5-18-14(8-12)9-15(10-14)13(16)11-3-6-19-7-4-11/h11-12H,2-10H2,1H3/t12-/m1/s1. The zero-order chi connectivity index (χ0) is 13.3. The van der Waals surface area contributed by atoms with E-state index in [0.717, 1.165) is 56.9 Å². The van der Waals surface area contributed by atoms with E-state index in [2.05, 4.69) is 0 Å². The van der Waals surface area contributed by atoms with E-state index in [9.17, 15) is 4.79 Å². The molecule has 1 atom stereocenters. The molecule has 0 aromatic carbocycles. The highest BCUT2D eigenvalue weighted by molar-refractivity contribution is 7.99. The van der Waals surface area contributed by atoms with Gasteiger partial charge in [0.1, 0.15) is 5.60 Å². The van der Waals surface area contributed by atoms with E-state index in [1.165, 1.54) is 0 Å². The maximum absolute atomic E-state index is 12.4. The summed E-state index contributed by atoms with van der Waals surface area (Å²) < 4.78 is 11.4. The van der Waals surface area contributed by atoms with Crippen molar-refractivity contribution >= 4 is 17.7 Å². The predicted molar refractivity (Wildman–Crippen MR) is 75.3 cm³/mol. The summed E-state index contributed by atoms with van der Waals surface area (Å²) in [4.78, 5) is 14.4. The van der Waals surface area contributed by atoms with E-state index in [-0.39, 0.29) is 11.5 Å². The number of carbonyl (C=O) groups is 1. The second-order valence-corrected chi connectivity index (χ2v) is 7.19. The summed E-state index contributed by atoms with van der Waals surface area (Å²) in [6.45, 7) is 2.31. The summed E-state index contributed by atoms with van der Waals surface area (Å²) in [7, 11) is 1.77. The highest BCUT2D eigenvalue weighted by Gasteiger charge is 2.50. The smallest absolute Gasteiger partial charge is 0.225 e. The first kappa shape index (κ1) is 13.7. The lowest BCUT2D eigenvalue weighted by Crippen LogP contribution is -2.68. The van der Waals surface area contributed by atoms with Gasteiger partial charge >= 0.3 is 0 Å². The molecule has 5 heteroatoms. The van der Waals surface area contributed by atoms with Crippen molar-refractivity contribution in [2.75, 3.05) is 38.3 Å². The van der Waals surface area contributed by atoms with Crippen molar-refractivity contribution in [1.82, 2.24) is 4.90 Å². The second-order valence-electron chi connectivity index (χ2n) is 5.96. The molecule has 0 aromatic heterocycles. The summed E-state index contributed by atoms with van der Waals surface area (Å²) in [5.41, 5.74) is -0.0992. The second kappa shape index (κ2) is 5.62. The van der Waals surface area contributed by atoms with Crippen molar-refractivity contribution in [2.45, 2.75) is 37.4 Å². The fraction of sp³-hybridized carbons (Fsp3) is 0.929. The zero-order valence-corrected chi connectivity index (χ0v) is 12.4. The molecule has 0 unspecified atom stereocenters. The summed E-state index contributed by atoms with van der Waals surface area (Å²) in [5.74, 6) is 2.89. The average Bonchev–Trinajstić information content (AvgIpc) is 2.45. The van der Waals surface area contributed by atoms with Crippen molar-refractivity contribution in [2.24, 2.45) is 5.92 Å². The number of amides is 1. The lowest BCUT2D eigenvalue weighted by atomic mass is 9.83. The zero-order valence-electron chi connectivity index (χ0n) is 11.6. The SMILES string of the molecule is CO[C@@H]1CCOC2(C1)CN(C(=O)C1CCSCC1)C2. The third-order valence-corrected chi connectivity index (χ3v) is 5.67. The molecule has 3 fully saturated rings. The number of thioether (sulfide) groups is 1. The van der Waals surface area contributed by atoms with Gasteiger partial charge in [0.15, 0.2) is 0 Å². The topological polar surface area (TPSA) is 38.8 Å². The van der Waals surface area contributed by atoms with Crippen molar-refractivity contribution in [3.63, 3.8) is 0 Å². The number of ether oxygens (including phenoxy) is 2. The molecule has 0 bridgehead atoms. The van der Waals surface area contributed by atoms with Gasteiger partial charge in [-0.15, -0.1) is 0 Å². The van der Waals surface area contributed by atoms with Gasteiger partial charge in [0.05, 0.1) is 19.2 Å². The quantitative estimate of drug-likeness (QED) is 0.771. The molecule has 0 radical (unpaired) electrons. The summed E-state index contributed by atoms with van der Waals surface area (Å²) in [6.07, 6.45) is 4.32.